The topological polar surface area (TPSA) is 32.7 Å². The molecule has 19 heavy (non-hydrogen) atoms. The zero-order valence-corrected chi connectivity index (χ0v) is 12.8. The minimum atomic E-state index is 0.0663. The monoisotopic (exact) mass is 366 g/mol. The van der Waals surface area contributed by atoms with Crippen LogP contribution in [0.1, 0.15) is 31.2 Å². The Morgan fingerprint density at radius 2 is 2.05 bits per heavy atom. The maximum atomic E-state index is 12.3. The Morgan fingerprint density at radius 3 is 2.89 bits per heavy atom. The lowest BCUT2D eigenvalue weighted by molar-refractivity contribution is -0.122. The van der Waals surface area contributed by atoms with Gasteiger partial charge in [-0.2, -0.15) is 0 Å². The molecule has 0 aliphatic carbocycles. The Kier molecular flexibility index (Phi) is 3.68. The predicted molar refractivity (Wildman–Crippen MR) is 84.8 cm³/mol. The number of amides is 1. The Hall–Kier alpha value is -1.17. The van der Waals surface area contributed by atoms with Crippen LogP contribution in [0.2, 0.25) is 0 Å². The number of hydrogen-bond donors (Lipinski definition) is 0. The molecule has 0 spiro atoms. The van der Waals surface area contributed by atoms with Crippen LogP contribution in [-0.4, -0.2) is 23.2 Å². The number of nitrogens with zero attached hydrogens (tertiary/aromatic N) is 2. The lowest BCUT2D eigenvalue weighted by Gasteiger charge is -2.14. The highest BCUT2D eigenvalue weighted by Crippen LogP contribution is 2.25. The first-order chi connectivity index (χ1) is 9.25. The quantitative estimate of drug-likeness (QED) is 0.554. The van der Waals surface area contributed by atoms with Gasteiger partial charge in [0.15, 0.2) is 0 Å². The minimum absolute atomic E-state index is 0.0663. The molecule has 1 aromatic rings. The third kappa shape index (κ3) is 2.59. The molecular weight excluding hydrogens is 351 g/mol. The predicted octanol–water partition coefficient (Wildman–Crippen LogP) is 3.45. The highest BCUT2D eigenvalue weighted by atomic mass is 127. The van der Waals surface area contributed by atoms with Crippen molar-refractivity contribution >= 4 is 40.4 Å². The van der Waals surface area contributed by atoms with Crippen molar-refractivity contribution in [3.05, 3.63) is 39.1 Å². The molecule has 4 heteroatoms. The van der Waals surface area contributed by atoms with Gasteiger partial charge in [-0.25, -0.2) is 4.99 Å². The Bertz CT molecular complexity index is 577. The molecule has 1 aromatic carbocycles. The third-order valence-corrected chi connectivity index (χ3v) is 4.49. The first kappa shape index (κ1) is 12.8. The van der Waals surface area contributed by atoms with Gasteiger partial charge in [-0.15, -0.1) is 0 Å². The van der Waals surface area contributed by atoms with Crippen molar-refractivity contribution in [2.45, 2.75) is 25.7 Å². The molecular formula is C15H15IN2O. The maximum Gasteiger partial charge on any atom is 0.277 e. The van der Waals surface area contributed by atoms with Crippen LogP contribution in [0, 0.1) is 3.57 Å². The third-order valence-electron chi connectivity index (χ3n) is 3.50. The standard InChI is InChI=1S/C15H15IN2O/c16-12-7-4-3-6-11(12)10-13-15(19)18-9-5-1-2-8-14(18)17-13/h3-4,6-7,10H,1-2,5,8-9H2. The average Bonchev–Trinajstić information content (AvgIpc) is 2.60. The van der Waals surface area contributed by atoms with Gasteiger partial charge in [0.2, 0.25) is 0 Å². The number of rotatable bonds is 1. The number of carbonyl (C=O) groups excluding carboxylic acids is 1. The van der Waals surface area contributed by atoms with E-state index >= 15 is 0 Å². The molecule has 0 unspecified atom stereocenters. The molecule has 0 N–H and O–H groups in total. The molecule has 3 nitrogen and oxygen atoms in total. The fourth-order valence-electron chi connectivity index (χ4n) is 2.49. The Morgan fingerprint density at radius 1 is 1.21 bits per heavy atom. The van der Waals surface area contributed by atoms with Crippen LogP contribution in [0.25, 0.3) is 6.08 Å². The lowest BCUT2D eigenvalue weighted by atomic mass is 10.2. The maximum absolute atomic E-state index is 12.3. The average molecular weight is 366 g/mol. The van der Waals surface area contributed by atoms with Gasteiger partial charge >= 0.3 is 0 Å². The number of carbonyl (C=O) groups is 1. The van der Waals surface area contributed by atoms with E-state index in [4.69, 9.17) is 0 Å². The summed E-state index contributed by atoms with van der Waals surface area (Å²) in [4.78, 5) is 18.7. The van der Waals surface area contributed by atoms with Crippen molar-refractivity contribution in [2.24, 2.45) is 4.99 Å². The van der Waals surface area contributed by atoms with Gasteiger partial charge in [0.25, 0.3) is 5.91 Å². The molecule has 0 atom stereocenters. The van der Waals surface area contributed by atoms with Crippen molar-refractivity contribution < 1.29 is 4.79 Å². The SMILES string of the molecule is O=C1C(=Cc2ccccc2I)N=C2CCCCCN12. The molecule has 1 fully saturated rings. The number of halogens is 1. The van der Waals surface area contributed by atoms with Crippen molar-refractivity contribution in [1.82, 2.24) is 4.90 Å². The molecule has 1 saturated heterocycles. The summed E-state index contributed by atoms with van der Waals surface area (Å²) in [7, 11) is 0. The van der Waals surface area contributed by atoms with Gasteiger partial charge in [0.1, 0.15) is 11.5 Å². The molecule has 98 valence electrons. The van der Waals surface area contributed by atoms with E-state index in [1.165, 1.54) is 6.42 Å². The fourth-order valence-corrected chi connectivity index (χ4v) is 3.03. The van der Waals surface area contributed by atoms with E-state index in [1.807, 2.05) is 35.2 Å². The van der Waals surface area contributed by atoms with E-state index in [9.17, 15) is 4.79 Å². The van der Waals surface area contributed by atoms with Crippen LogP contribution in [0.5, 0.6) is 0 Å². The first-order valence-corrected chi connectivity index (χ1v) is 7.69. The van der Waals surface area contributed by atoms with Crippen LogP contribution >= 0.6 is 22.6 Å². The number of fused-ring (bicyclic) bond motifs is 1. The Labute approximate surface area is 126 Å². The second-order valence-electron chi connectivity index (χ2n) is 4.85. The van der Waals surface area contributed by atoms with Crippen LogP contribution in [0.15, 0.2) is 35.0 Å². The van der Waals surface area contributed by atoms with Gasteiger partial charge in [-0.05, 0) is 53.1 Å². The van der Waals surface area contributed by atoms with Crippen molar-refractivity contribution in [2.75, 3.05) is 6.54 Å². The minimum Gasteiger partial charge on any atom is -0.295 e. The molecule has 0 radical (unpaired) electrons. The lowest BCUT2D eigenvalue weighted by Crippen LogP contribution is -2.31. The van der Waals surface area contributed by atoms with Crippen LogP contribution < -0.4 is 0 Å². The second kappa shape index (κ2) is 5.45. The van der Waals surface area contributed by atoms with E-state index in [2.05, 4.69) is 27.6 Å². The number of amidine groups is 1. The summed E-state index contributed by atoms with van der Waals surface area (Å²) in [6, 6.07) is 8.04. The summed E-state index contributed by atoms with van der Waals surface area (Å²) >= 11 is 2.28. The molecule has 0 aromatic heterocycles. The number of aliphatic imine (C=N–C) groups is 1. The largest absolute Gasteiger partial charge is 0.295 e. The summed E-state index contributed by atoms with van der Waals surface area (Å²) in [6.45, 7) is 0.820. The smallest absolute Gasteiger partial charge is 0.277 e. The van der Waals surface area contributed by atoms with Crippen molar-refractivity contribution in [3.8, 4) is 0 Å². The van der Waals surface area contributed by atoms with E-state index in [0.29, 0.717) is 5.70 Å². The summed E-state index contributed by atoms with van der Waals surface area (Å²) in [5.74, 6) is 1.02. The van der Waals surface area contributed by atoms with Gasteiger partial charge in [-0.1, -0.05) is 24.6 Å². The molecule has 1 amide bonds. The van der Waals surface area contributed by atoms with E-state index in [0.717, 1.165) is 40.8 Å². The van der Waals surface area contributed by atoms with Crippen molar-refractivity contribution in [3.63, 3.8) is 0 Å². The highest BCUT2D eigenvalue weighted by Gasteiger charge is 2.30. The van der Waals surface area contributed by atoms with Crippen molar-refractivity contribution in [1.29, 1.82) is 0 Å². The molecule has 0 saturated carbocycles. The van der Waals surface area contributed by atoms with E-state index < -0.39 is 0 Å². The zero-order chi connectivity index (χ0) is 13.2. The molecule has 3 rings (SSSR count). The summed E-state index contributed by atoms with van der Waals surface area (Å²) in [5.41, 5.74) is 1.65. The normalized spacial score (nSPS) is 21.3. The summed E-state index contributed by atoms with van der Waals surface area (Å²) in [5, 5.41) is 0. The molecule has 0 bridgehead atoms. The van der Waals surface area contributed by atoms with Gasteiger partial charge < -0.3 is 0 Å². The van der Waals surface area contributed by atoms with Crippen LogP contribution in [0.4, 0.5) is 0 Å². The molecule has 2 aliphatic heterocycles. The van der Waals surface area contributed by atoms with Gasteiger partial charge in [0.05, 0.1) is 0 Å². The fraction of sp³-hybridized carbons (Fsp3) is 0.333. The number of benzene rings is 1. The zero-order valence-electron chi connectivity index (χ0n) is 10.6. The summed E-state index contributed by atoms with van der Waals surface area (Å²) < 4.78 is 1.14. The molecule has 2 heterocycles. The van der Waals surface area contributed by atoms with Crippen LogP contribution in [-0.2, 0) is 4.79 Å². The molecule has 2 aliphatic rings. The van der Waals surface area contributed by atoms with E-state index in [-0.39, 0.29) is 5.91 Å². The first-order valence-electron chi connectivity index (χ1n) is 6.61. The summed E-state index contributed by atoms with van der Waals surface area (Å²) in [6.07, 6.45) is 6.25. The second-order valence-corrected chi connectivity index (χ2v) is 6.01. The van der Waals surface area contributed by atoms with Crippen LogP contribution in [0.3, 0.4) is 0 Å². The Balaban J connectivity index is 1.94. The van der Waals surface area contributed by atoms with Gasteiger partial charge in [-0.3, -0.25) is 9.69 Å². The number of hydrogen-bond acceptors (Lipinski definition) is 2. The highest BCUT2D eigenvalue weighted by molar-refractivity contribution is 14.1. The van der Waals surface area contributed by atoms with E-state index in [1.54, 1.807) is 0 Å². The van der Waals surface area contributed by atoms with Gasteiger partial charge in [0, 0.05) is 16.5 Å².